The fourth-order valence-corrected chi connectivity index (χ4v) is 9.03. The third kappa shape index (κ3) is 35.0. The number of phosphoric acid groups is 1. The SMILES string of the molecule is CCCCCC/C=C\C/C=C\CCCCCCCC(=O)OCC(COP(=O)(O)OC1C(O)C(O)C(O)C(O)C1O)OC(=O)CCCCCCCCCCCCC/C=C\C/C=C\CCCCCCC. The summed E-state index contributed by atoms with van der Waals surface area (Å²) in [4.78, 5) is 35.9. The van der Waals surface area contributed by atoms with Gasteiger partial charge in [-0.15, -0.1) is 0 Å². The van der Waals surface area contributed by atoms with Gasteiger partial charge in [0, 0.05) is 12.8 Å². The maximum Gasteiger partial charge on any atom is 0.472 e. The molecule has 6 unspecified atom stereocenters. The van der Waals surface area contributed by atoms with Crippen LogP contribution in [0.4, 0.5) is 0 Å². The standard InChI is InChI=1S/C54H97O13P/c1-3-5-7-9-11-13-15-17-19-21-22-23-24-25-26-27-29-31-33-35-37-39-41-43-48(56)66-46(45-65-68(62,63)67-54-52(60)50(58)49(57)51(59)53(54)61)44-64-47(55)42-40-38-36-34-32-30-28-20-18-16-14-12-10-8-6-4-2/h14-17,20-22,28,46,49-54,57-61H,3-13,18-19,23-27,29-45H2,1-2H3,(H,62,63)/b16-14-,17-15-,22-21-,28-20-. The molecule has 1 saturated carbocycles. The molecule has 0 saturated heterocycles. The first kappa shape index (κ1) is 63.8. The van der Waals surface area contributed by atoms with Gasteiger partial charge in [-0.05, 0) is 77.0 Å². The van der Waals surface area contributed by atoms with E-state index in [0.717, 1.165) is 83.5 Å². The highest BCUT2D eigenvalue weighted by molar-refractivity contribution is 7.47. The molecule has 0 aliphatic heterocycles. The molecule has 0 bridgehead atoms. The van der Waals surface area contributed by atoms with Crippen LogP contribution in [-0.2, 0) is 32.7 Å². The summed E-state index contributed by atoms with van der Waals surface area (Å²) < 4.78 is 33.7. The summed E-state index contributed by atoms with van der Waals surface area (Å²) in [5.74, 6) is -1.11. The lowest BCUT2D eigenvalue weighted by molar-refractivity contribution is -0.220. The zero-order chi connectivity index (χ0) is 49.9. The molecule has 6 atom stereocenters. The van der Waals surface area contributed by atoms with E-state index in [4.69, 9.17) is 18.5 Å². The molecule has 6 N–H and O–H groups in total. The summed E-state index contributed by atoms with van der Waals surface area (Å²) in [6.07, 6.45) is 40.1. The monoisotopic (exact) mass is 985 g/mol. The summed E-state index contributed by atoms with van der Waals surface area (Å²) in [5.41, 5.74) is 0. The lowest BCUT2D eigenvalue weighted by Gasteiger charge is -2.41. The second-order valence-electron chi connectivity index (χ2n) is 18.7. The summed E-state index contributed by atoms with van der Waals surface area (Å²) in [6.45, 7) is 3.29. The Balaban J connectivity index is 2.37. The van der Waals surface area contributed by atoms with Gasteiger partial charge in [0.05, 0.1) is 6.61 Å². The van der Waals surface area contributed by atoms with Crippen LogP contribution < -0.4 is 0 Å². The van der Waals surface area contributed by atoms with Gasteiger partial charge < -0.3 is 39.9 Å². The van der Waals surface area contributed by atoms with Gasteiger partial charge in [0.25, 0.3) is 0 Å². The second-order valence-corrected chi connectivity index (χ2v) is 20.1. The number of carbonyl (C=O) groups is 2. The van der Waals surface area contributed by atoms with Crippen LogP contribution in [0.5, 0.6) is 0 Å². The minimum atomic E-state index is -5.13. The van der Waals surface area contributed by atoms with Gasteiger partial charge in [0.1, 0.15) is 43.2 Å². The molecule has 0 aromatic rings. The molecule has 14 heteroatoms. The van der Waals surface area contributed by atoms with Gasteiger partial charge >= 0.3 is 19.8 Å². The Kier molecular flexibility index (Phi) is 40.9. The predicted molar refractivity (Wildman–Crippen MR) is 272 cm³/mol. The quantitative estimate of drug-likeness (QED) is 0.0145. The topological polar surface area (TPSA) is 210 Å². The van der Waals surface area contributed by atoms with E-state index in [1.165, 1.54) is 103 Å². The number of rotatable bonds is 45. The number of phosphoric ester groups is 1. The average Bonchev–Trinajstić information content (AvgIpc) is 3.32. The molecule has 68 heavy (non-hydrogen) atoms. The average molecular weight is 985 g/mol. The van der Waals surface area contributed by atoms with Crippen molar-refractivity contribution >= 4 is 19.8 Å². The van der Waals surface area contributed by atoms with Crippen LogP contribution in [0.15, 0.2) is 48.6 Å². The molecule has 13 nitrogen and oxygen atoms in total. The lowest BCUT2D eigenvalue weighted by atomic mass is 9.85. The van der Waals surface area contributed by atoms with Crippen molar-refractivity contribution in [1.82, 2.24) is 0 Å². The first-order chi connectivity index (χ1) is 32.9. The third-order valence-corrected chi connectivity index (χ3v) is 13.4. The van der Waals surface area contributed by atoms with E-state index < -0.39 is 75.7 Å². The van der Waals surface area contributed by atoms with Crippen molar-refractivity contribution in [2.24, 2.45) is 0 Å². The van der Waals surface area contributed by atoms with Gasteiger partial charge in [-0.3, -0.25) is 18.6 Å². The Morgan fingerprint density at radius 1 is 0.456 bits per heavy atom. The first-order valence-electron chi connectivity index (χ1n) is 26.9. The van der Waals surface area contributed by atoms with Crippen molar-refractivity contribution in [3.05, 3.63) is 48.6 Å². The molecule has 1 aliphatic rings. The zero-order valence-corrected chi connectivity index (χ0v) is 43.3. The smallest absolute Gasteiger partial charge is 0.462 e. The van der Waals surface area contributed by atoms with Crippen LogP contribution >= 0.6 is 7.82 Å². The fraction of sp³-hybridized carbons (Fsp3) is 0.815. The molecule has 0 aromatic carbocycles. The number of aliphatic hydroxyl groups excluding tert-OH is 5. The number of allylic oxidation sites excluding steroid dienone is 8. The Labute approximate surface area is 411 Å². The lowest BCUT2D eigenvalue weighted by Crippen LogP contribution is -2.64. The fourth-order valence-electron chi connectivity index (χ4n) is 8.05. The summed E-state index contributed by atoms with van der Waals surface area (Å²) >= 11 is 0. The normalized spacial score (nSPS) is 21.4. The highest BCUT2D eigenvalue weighted by atomic mass is 31.2. The van der Waals surface area contributed by atoms with Gasteiger partial charge in [-0.2, -0.15) is 0 Å². The molecule has 0 radical (unpaired) electrons. The number of ether oxygens (including phenoxy) is 2. The molecular formula is C54H97O13P. The maximum atomic E-state index is 12.9. The number of unbranched alkanes of at least 4 members (excludes halogenated alkanes) is 25. The van der Waals surface area contributed by atoms with Gasteiger partial charge in [-0.1, -0.05) is 184 Å². The van der Waals surface area contributed by atoms with Crippen molar-refractivity contribution in [3.63, 3.8) is 0 Å². The van der Waals surface area contributed by atoms with Gasteiger partial charge in [0.15, 0.2) is 6.10 Å². The summed E-state index contributed by atoms with van der Waals surface area (Å²) in [7, 11) is -5.13. The van der Waals surface area contributed by atoms with Crippen LogP contribution in [0.3, 0.4) is 0 Å². The maximum absolute atomic E-state index is 12.9. The Hall–Kier alpha value is -2.19. The Morgan fingerprint density at radius 3 is 1.21 bits per heavy atom. The number of aliphatic hydroxyl groups is 5. The largest absolute Gasteiger partial charge is 0.472 e. The van der Waals surface area contributed by atoms with Crippen LogP contribution in [0.25, 0.3) is 0 Å². The van der Waals surface area contributed by atoms with E-state index in [1.54, 1.807) is 0 Å². The van der Waals surface area contributed by atoms with E-state index in [1.807, 2.05) is 0 Å². The highest BCUT2D eigenvalue weighted by Crippen LogP contribution is 2.47. The minimum absolute atomic E-state index is 0.0907. The van der Waals surface area contributed by atoms with Gasteiger partial charge in [0.2, 0.25) is 0 Å². The van der Waals surface area contributed by atoms with E-state index in [9.17, 15) is 44.6 Å². The Bertz CT molecular complexity index is 1370. The van der Waals surface area contributed by atoms with Crippen molar-refractivity contribution < 1.29 is 63.1 Å². The zero-order valence-electron chi connectivity index (χ0n) is 42.4. The van der Waals surface area contributed by atoms with Crippen molar-refractivity contribution in [2.45, 2.75) is 268 Å². The predicted octanol–water partition coefficient (Wildman–Crippen LogP) is 11.9. The molecule has 0 aromatic heterocycles. The van der Waals surface area contributed by atoms with E-state index in [-0.39, 0.29) is 12.8 Å². The van der Waals surface area contributed by atoms with Crippen molar-refractivity contribution in [2.75, 3.05) is 13.2 Å². The van der Waals surface area contributed by atoms with E-state index in [0.29, 0.717) is 12.8 Å². The van der Waals surface area contributed by atoms with Gasteiger partial charge in [-0.25, -0.2) is 4.57 Å². The van der Waals surface area contributed by atoms with E-state index in [2.05, 4.69) is 62.5 Å². The van der Waals surface area contributed by atoms with Crippen LogP contribution in [0, 0.1) is 0 Å². The Morgan fingerprint density at radius 2 is 0.794 bits per heavy atom. The molecule has 1 rings (SSSR count). The number of hydrogen-bond donors (Lipinski definition) is 6. The van der Waals surface area contributed by atoms with Crippen LogP contribution in [-0.4, -0.2) is 98.3 Å². The highest BCUT2D eigenvalue weighted by Gasteiger charge is 2.51. The molecule has 1 aliphatic carbocycles. The van der Waals surface area contributed by atoms with Crippen molar-refractivity contribution in [1.29, 1.82) is 0 Å². The minimum Gasteiger partial charge on any atom is -0.462 e. The van der Waals surface area contributed by atoms with Crippen LogP contribution in [0.2, 0.25) is 0 Å². The summed E-state index contributed by atoms with van der Waals surface area (Å²) in [5, 5.41) is 50.3. The molecule has 0 heterocycles. The number of esters is 2. The first-order valence-corrected chi connectivity index (χ1v) is 28.4. The number of carbonyl (C=O) groups excluding carboxylic acids is 2. The van der Waals surface area contributed by atoms with E-state index >= 15 is 0 Å². The molecule has 0 amide bonds. The second kappa shape index (κ2) is 43.6. The molecule has 396 valence electrons. The molecule has 1 fully saturated rings. The third-order valence-electron chi connectivity index (χ3n) is 12.4. The molecular weight excluding hydrogens is 888 g/mol. The van der Waals surface area contributed by atoms with Crippen molar-refractivity contribution in [3.8, 4) is 0 Å². The summed E-state index contributed by atoms with van der Waals surface area (Å²) in [6, 6.07) is 0. The number of hydrogen-bond acceptors (Lipinski definition) is 12. The molecule has 0 spiro atoms. The van der Waals surface area contributed by atoms with Crippen LogP contribution in [0.1, 0.15) is 226 Å².